The maximum absolute atomic E-state index is 5.19. The molecular weight excluding hydrogens is 314 g/mol. The molecule has 0 saturated carbocycles. The molecule has 0 aliphatic carbocycles. The Bertz CT molecular complexity index is 553. The molecule has 0 aliphatic rings. The van der Waals surface area contributed by atoms with Gasteiger partial charge in [0.15, 0.2) is 0 Å². The van der Waals surface area contributed by atoms with Crippen LogP contribution in [0.15, 0.2) is 53.0 Å². The molecule has 0 saturated heterocycles. The van der Waals surface area contributed by atoms with Gasteiger partial charge >= 0.3 is 0 Å². The van der Waals surface area contributed by atoms with Gasteiger partial charge in [0, 0.05) is 16.6 Å². The van der Waals surface area contributed by atoms with E-state index in [2.05, 4.69) is 65.4 Å². The first-order valence-corrected chi connectivity index (χ1v) is 7.55. The maximum atomic E-state index is 5.19. The van der Waals surface area contributed by atoms with Crippen molar-refractivity contribution in [1.29, 1.82) is 0 Å². The predicted octanol–water partition coefficient (Wildman–Crippen LogP) is 4.87. The lowest BCUT2D eigenvalue weighted by atomic mass is 10.0. The van der Waals surface area contributed by atoms with Crippen molar-refractivity contribution < 1.29 is 4.74 Å². The molecule has 0 aromatic heterocycles. The zero-order chi connectivity index (χ0) is 14.5. The normalized spacial score (nSPS) is 13.8. The number of hydrogen-bond donors (Lipinski definition) is 1. The minimum Gasteiger partial charge on any atom is -0.497 e. The lowest BCUT2D eigenvalue weighted by molar-refractivity contribution is 0.414. The topological polar surface area (TPSA) is 21.3 Å². The highest BCUT2D eigenvalue weighted by atomic mass is 79.9. The Kier molecular flexibility index (Phi) is 5.21. The third-order valence-corrected chi connectivity index (χ3v) is 3.96. The number of halogens is 1. The van der Waals surface area contributed by atoms with Crippen LogP contribution in [0.3, 0.4) is 0 Å². The van der Waals surface area contributed by atoms with E-state index in [4.69, 9.17) is 4.74 Å². The highest BCUT2D eigenvalue weighted by molar-refractivity contribution is 9.10. The number of rotatable bonds is 5. The van der Waals surface area contributed by atoms with Crippen LogP contribution in [0.4, 0.5) is 0 Å². The monoisotopic (exact) mass is 333 g/mol. The molecule has 1 N–H and O–H groups in total. The van der Waals surface area contributed by atoms with E-state index in [1.807, 2.05) is 18.2 Å². The van der Waals surface area contributed by atoms with Crippen molar-refractivity contribution in [2.45, 2.75) is 25.9 Å². The van der Waals surface area contributed by atoms with E-state index in [-0.39, 0.29) is 6.04 Å². The Morgan fingerprint density at radius 2 is 1.60 bits per heavy atom. The Morgan fingerprint density at radius 1 is 0.950 bits per heavy atom. The van der Waals surface area contributed by atoms with Gasteiger partial charge in [0.05, 0.1) is 7.11 Å². The van der Waals surface area contributed by atoms with Crippen LogP contribution in [0, 0.1) is 0 Å². The summed E-state index contributed by atoms with van der Waals surface area (Å²) in [5, 5.41) is 3.62. The second kappa shape index (κ2) is 6.91. The van der Waals surface area contributed by atoms with E-state index < -0.39 is 0 Å². The van der Waals surface area contributed by atoms with Gasteiger partial charge in [-0.05, 0) is 49.2 Å². The molecule has 0 fully saturated rings. The zero-order valence-corrected chi connectivity index (χ0v) is 13.6. The molecule has 106 valence electrons. The molecular formula is C17H20BrNO. The molecule has 0 amide bonds. The summed E-state index contributed by atoms with van der Waals surface area (Å²) in [6, 6.07) is 17.2. The van der Waals surface area contributed by atoms with Crippen LogP contribution in [0.5, 0.6) is 5.75 Å². The molecule has 0 heterocycles. The molecule has 2 atom stereocenters. The highest BCUT2D eigenvalue weighted by Crippen LogP contribution is 2.23. The molecule has 0 aliphatic heterocycles. The zero-order valence-electron chi connectivity index (χ0n) is 12.1. The predicted molar refractivity (Wildman–Crippen MR) is 87.1 cm³/mol. The van der Waals surface area contributed by atoms with E-state index in [1.54, 1.807) is 7.11 Å². The SMILES string of the molecule is COc1ccc([C@@H](C)NC(C)c2cccc(Br)c2)cc1. The first-order chi connectivity index (χ1) is 9.60. The molecule has 3 heteroatoms. The van der Waals surface area contributed by atoms with Gasteiger partial charge in [-0.25, -0.2) is 0 Å². The number of hydrogen-bond acceptors (Lipinski definition) is 2. The van der Waals surface area contributed by atoms with Crippen molar-refractivity contribution in [3.8, 4) is 5.75 Å². The van der Waals surface area contributed by atoms with Crippen molar-refractivity contribution >= 4 is 15.9 Å². The summed E-state index contributed by atoms with van der Waals surface area (Å²) in [4.78, 5) is 0. The minimum atomic E-state index is 0.287. The smallest absolute Gasteiger partial charge is 0.118 e. The van der Waals surface area contributed by atoms with E-state index in [9.17, 15) is 0 Å². The fourth-order valence-corrected chi connectivity index (χ4v) is 2.65. The highest BCUT2D eigenvalue weighted by Gasteiger charge is 2.11. The van der Waals surface area contributed by atoms with Crippen molar-refractivity contribution in [2.75, 3.05) is 7.11 Å². The van der Waals surface area contributed by atoms with E-state index in [0.29, 0.717) is 6.04 Å². The summed E-state index contributed by atoms with van der Waals surface area (Å²) < 4.78 is 6.30. The molecule has 2 aromatic rings. The summed E-state index contributed by atoms with van der Waals surface area (Å²) in [6.45, 7) is 4.36. The molecule has 1 unspecified atom stereocenters. The van der Waals surface area contributed by atoms with Gasteiger partial charge in [0.2, 0.25) is 0 Å². The third-order valence-electron chi connectivity index (χ3n) is 3.46. The van der Waals surface area contributed by atoms with Gasteiger partial charge in [0.1, 0.15) is 5.75 Å². The number of ether oxygens (including phenoxy) is 1. The third kappa shape index (κ3) is 3.84. The van der Waals surface area contributed by atoms with Gasteiger partial charge in [-0.1, -0.05) is 40.2 Å². The molecule has 2 rings (SSSR count). The lowest BCUT2D eigenvalue weighted by Gasteiger charge is -2.21. The largest absolute Gasteiger partial charge is 0.497 e. The van der Waals surface area contributed by atoms with Crippen molar-refractivity contribution in [3.05, 3.63) is 64.1 Å². The van der Waals surface area contributed by atoms with E-state index in [0.717, 1.165) is 10.2 Å². The average molecular weight is 334 g/mol. The second-order valence-corrected chi connectivity index (χ2v) is 5.85. The Morgan fingerprint density at radius 3 is 2.20 bits per heavy atom. The minimum absolute atomic E-state index is 0.287. The van der Waals surface area contributed by atoms with Gasteiger partial charge in [-0.15, -0.1) is 0 Å². The Balaban J connectivity index is 2.04. The fraction of sp³-hybridized carbons (Fsp3) is 0.294. The van der Waals surface area contributed by atoms with Crippen LogP contribution in [0.2, 0.25) is 0 Å². The summed E-state index contributed by atoms with van der Waals surface area (Å²) in [5.41, 5.74) is 2.53. The van der Waals surface area contributed by atoms with Crippen LogP contribution in [-0.4, -0.2) is 7.11 Å². The Labute approximate surface area is 129 Å². The second-order valence-electron chi connectivity index (χ2n) is 4.94. The average Bonchev–Trinajstić information content (AvgIpc) is 2.47. The Hall–Kier alpha value is -1.32. The van der Waals surface area contributed by atoms with Crippen LogP contribution in [-0.2, 0) is 0 Å². The van der Waals surface area contributed by atoms with Crippen LogP contribution in [0.1, 0.15) is 37.1 Å². The van der Waals surface area contributed by atoms with Crippen LogP contribution >= 0.6 is 15.9 Å². The quantitative estimate of drug-likeness (QED) is 0.842. The molecule has 2 nitrogen and oxygen atoms in total. The summed E-state index contributed by atoms with van der Waals surface area (Å²) >= 11 is 3.52. The van der Waals surface area contributed by atoms with Crippen molar-refractivity contribution in [2.24, 2.45) is 0 Å². The molecule has 0 bridgehead atoms. The molecule has 20 heavy (non-hydrogen) atoms. The number of methoxy groups -OCH3 is 1. The fourth-order valence-electron chi connectivity index (χ4n) is 2.24. The molecule has 2 aromatic carbocycles. The molecule has 0 spiro atoms. The standard InChI is InChI=1S/C17H20BrNO/c1-12(14-7-9-17(20-3)10-8-14)19-13(2)15-5-4-6-16(18)11-15/h4-13,19H,1-3H3/t12-,13?/m1/s1. The van der Waals surface area contributed by atoms with Crippen molar-refractivity contribution in [3.63, 3.8) is 0 Å². The van der Waals surface area contributed by atoms with Gasteiger partial charge in [0.25, 0.3) is 0 Å². The van der Waals surface area contributed by atoms with Crippen LogP contribution in [0.25, 0.3) is 0 Å². The lowest BCUT2D eigenvalue weighted by Crippen LogP contribution is -2.22. The molecule has 0 radical (unpaired) electrons. The van der Waals surface area contributed by atoms with E-state index in [1.165, 1.54) is 11.1 Å². The number of benzene rings is 2. The van der Waals surface area contributed by atoms with Crippen molar-refractivity contribution in [1.82, 2.24) is 5.32 Å². The first kappa shape index (κ1) is 15.1. The van der Waals surface area contributed by atoms with E-state index >= 15 is 0 Å². The van der Waals surface area contributed by atoms with Gasteiger partial charge in [-0.2, -0.15) is 0 Å². The van der Waals surface area contributed by atoms with Gasteiger partial charge in [-0.3, -0.25) is 0 Å². The first-order valence-electron chi connectivity index (χ1n) is 6.75. The van der Waals surface area contributed by atoms with Gasteiger partial charge < -0.3 is 10.1 Å². The maximum Gasteiger partial charge on any atom is 0.118 e. The van der Waals surface area contributed by atoms with Crippen LogP contribution < -0.4 is 10.1 Å². The summed E-state index contributed by atoms with van der Waals surface area (Å²) in [7, 11) is 1.69. The summed E-state index contributed by atoms with van der Waals surface area (Å²) in [6.07, 6.45) is 0. The number of nitrogens with one attached hydrogen (secondary N) is 1. The summed E-state index contributed by atoms with van der Waals surface area (Å²) in [5.74, 6) is 0.890.